The van der Waals surface area contributed by atoms with Gasteiger partial charge in [-0.3, -0.25) is 0 Å². The highest BCUT2D eigenvalue weighted by Crippen LogP contribution is 2.36. The fourth-order valence-electron chi connectivity index (χ4n) is 3.27. The SMILES string of the molecule is CC(C)c1ccc(C2CN(C(=O)OC(C)(C)C)C2)c2cnc(Cl)cc12. The van der Waals surface area contributed by atoms with Crippen LogP contribution in [-0.2, 0) is 4.74 Å². The van der Waals surface area contributed by atoms with E-state index >= 15 is 0 Å². The number of fused-ring (bicyclic) bond motifs is 1. The molecule has 2 aromatic rings. The monoisotopic (exact) mass is 360 g/mol. The molecule has 1 aromatic heterocycles. The third-order valence-corrected chi connectivity index (χ3v) is 4.74. The summed E-state index contributed by atoms with van der Waals surface area (Å²) in [4.78, 5) is 18.2. The Morgan fingerprint density at radius 2 is 1.96 bits per heavy atom. The molecule has 1 aromatic carbocycles. The number of ether oxygens (including phenoxy) is 1. The second-order valence-corrected chi connectivity index (χ2v) is 8.42. The maximum Gasteiger partial charge on any atom is 0.410 e. The highest BCUT2D eigenvalue weighted by atomic mass is 35.5. The zero-order chi connectivity index (χ0) is 18.4. The van der Waals surface area contributed by atoms with E-state index in [0.29, 0.717) is 30.1 Å². The van der Waals surface area contributed by atoms with Gasteiger partial charge in [0, 0.05) is 30.6 Å². The number of benzene rings is 1. The Bertz CT molecular complexity index is 805. The Kier molecular flexibility index (Phi) is 4.67. The number of aromatic nitrogens is 1. The molecule has 0 atom stereocenters. The summed E-state index contributed by atoms with van der Waals surface area (Å²) in [6.45, 7) is 11.4. The van der Waals surface area contributed by atoms with Crippen molar-refractivity contribution in [3.63, 3.8) is 0 Å². The van der Waals surface area contributed by atoms with Crippen molar-refractivity contribution in [3.05, 3.63) is 40.7 Å². The van der Waals surface area contributed by atoms with Gasteiger partial charge in [-0.15, -0.1) is 0 Å². The van der Waals surface area contributed by atoms with Crippen LogP contribution in [-0.4, -0.2) is 34.7 Å². The Hall–Kier alpha value is -1.81. The normalized spacial score (nSPS) is 15.6. The number of carbonyl (C=O) groups excluding carboxylic acids is 1. The van der Waals surface area contributed by atoms with Gasteiger partial charge in [0.05, 0.1) is 0 Å². The lowest BCUT2D eigenvalue weighted by atomic mass is 9.85. The second kappa shape index (κ2) is 6.49. The highest BCUT2D eigenvalue weighted by Gasteiger charge is 2.35. The van der Waals surface area contributed by atoms with E-state index in [1.165, 1.54) is 11.1 Å². The van der Waals surface area contributed by atoms with Gasteiger partial charge in [0.15, 0.2) is 0 Å². The zero-order valence-corrected chi connectivity index (χ0v) is 16.2. The summed E-state index contributed by atoms with van der Waals surface area (Å²) < 4.78 is 5.44. The lowest BCUT2D eigenvalue weighted by Gasteiger charge is -2.40. The van der Waals surface area contributed by atoms with Crippen LogP contribution in [0.3, 0.4) is 0 Å². The van der Waals surface area contributed by atoms with Crippen molar-refractivity contribution >= 4 is 28.5 Å². The fraction of sp³-hybridized carbons (Fsp3) is 0.500. The average molecular weight is 361 g/mol. The molecule has 4 nitrogen and oxygen atoms in total. The van der Waals surface area contributed by atoms with Gasteiger partial charge in [-0.2, -0.15) is 0 Å². The van der Waals surface area contributed by atoms with Crippen LogP contribution < -0.4 is 0 Å². The molecule has 1 amide bonds. The Morgan fingerprint density at radius 1 is 1.28 bits per heavy atom. The largest absolute Gasteiger partial charge is 0.444 e. The van der Waals surface area contributed by atoms with Crippen molar-refractivity contribution in [2.45, 2.75) is 52.1 Å². The molecule has 1 fully saturated rings. The first kappa shape index (κ1) is 18.0. The number of nitrogens with zero attached hydrogens (tertiary/aromatic N) is 2. The molecule has 1 aliphatic rings. The van der Waals surface area contributed by atoms with Gasteiger partial charge in [-0.05, 0) is 49.3 Å². The Morgan fingerprint density at radius 3 is 2.56 bits per heavy atom. The van der Waals surface area contributed by atoms with Crippen LogP contribution in [0.2, 0.25) is 5.15 Å². The van der Waals surface area contributed by atoms with Gasteiger partial charge in [-0.1, -0.05) is 37.6 Å². The minimum absolute atomic E-state index is 0.243. The Labute approximate surface area is 154 Å². The molecular formula is C20H25ClN2O2. The Balaban J connectivity index is 1.85. The molecule has 134 valence electrons. The summed E-state index contributed by atoms with van der Waals surface area (Å²) in [6, 6.07) is 6.29. The van der Waals surface area contributed by atoms with Crippen LogP contribution in [0.1, 0.15) is 57.6 Å². The molecule has 5 heteroatoms. The third-order valence-electron chi connectivity index (χ3n) is 4.53. The van der Waals surface area contributed by atoms with Crippen molar-refractivity contribution in [1.29, 1.82) is 0 Å². The van der Waals surface area contributed by atoms with Crippen LogP contribution in [0.25, 0.3) is 10.8 Å². The third kappa shape index (κ3) is 3.74. The van der Waals surface area contributed by atoms with Crippen LogP contribution >= 0.6 is 11.6 Å². The zero-order valence-electron chi connectivity index (χ0n) is 15.5. The molecule has 1 aliphatic heterocycles. The van der Waals surface area contributed by atoms with E-state index in [1.54, 1.807) is 4.90 Å². The van der Waals surface area contributed by atoms with Crippen molar-refractivity contribution in [3.8, 4) is 0 Å². The summed E-state index contributed by atoms with van der Waals surface area (Å²) in [6.07, 6.45) is 1.61. The van der Waals surface area contributed by atoms with E-state index in [4.69, 9.17) is 16.3 Å². The van der Waals surface area contributed by atoms with E-state index in [0.717, 1.165) is 10.8 Å². The number of carbonyl (C=O) groups is 1. The summed E-state index contributed by atoms with van der Waals surface area (Å²) in [5.74, 6) is 0.717. The topological polar surface area (TPSA) is 42.4 Å². The van der Waals surface area contributed by atoms with E-state index < -0.39 is 5.60 Å². The van der Waals surface area contributed by atoms with Gasteiger partial charge in [0.1, 0.15) is 10.8 Å². The standard InChI is InChI=1S/C20H25ClN2O2/c1-12(2)14-6-7-15(17-9-22-18(21)8-16(14)17)13-10-23(11-13)19(24)25-20(3,4)5/h6-9,12-13H,10-11H2,1-5H3. The van der Waals surface area contributed by atoms with E-state index in [1.807, 2.05) is 33.0 Å². The molecule has 3 rings (SSSR count). The molecular weight excluding hydrogens is 336 g/mol. The summed E-state index contributed by atoms with van der Waals surface area (Å²) >= 11 is 6.12. The van der Waals surface area contributed by atoms with Crippen LogP contribution in [0.15, 0.2) is 24.4 Å². The van der Waals surface area contributed by atoms with Crippen LogP contribution in [0.4, 0.5) is 4.79 Å². The maximum absolute atomic E-state index is 12.1. The highest BCUT2D eigenvalue weighted by molar-refractivity contribution is 6.30. The molecule has 1 saturated heterocycles. The predicted molar refractivity (Wildman–Crippen MR) is 101 cm³/mol. The molecule has 0 saturated carbocycles. The molecule has 0 bridgehead atoms. The molecule has 2 heterocycles. The van der Waals surface area contributed by atoms with Gasteiger partial charge in [-0.25, -0.2) is 9.78 Å². The molecule has 0 N–H and O–H groups in total. The second-order valence-electron chi connectivity index (χ2n) is 8.03. The molecule has 0 aliphatic carbocycles. The van der Waals surface area contributed by atoms with E-state index in [2.05, 4.69) is 31.0 Å². The van der Waals surface area contributed by atoms with E-state index in [-0.39, 0.29) is 6.09 Å². The molecule has 0 unspecified atom stereocenters. The lowest BCUT2D eigenvalue weighted by Crippen LogP contribution is -2.50. The summed E-state index contributed by atoms with van der Waals surface area (Å²) in [5.41, 5.74) is 2.03. The number of pyridine rings is 1. The summed E-state index contributed by atoms with van der Waals surface area (Å²) in [7, 11) is 0. The van der Waals surface area contributed by atoms with Gasteiger partial charge in [0.2, 0.25) is 0 Å². The van der Waals surface area contributed by atoms with Gasteiger partial charge in [0.25, 0.3) is 0 Å². The van der Waals surface area contributed by atoms with Crippen molar-refractivity contribution < 1.29 is 9.53 Å². The quantitative estimate of drug-likeness (QED) is 0.678. The average Bonchev–Trinajstić information content (AvgIpc) is 2.43. The predicted octanol–water partition coefficient (Wildman–Crippen LogP) is 5.35. The summed E-state index contributed by atoms with van der Waals surface area (Å²) in [5, 5.41) is 2.79. The molecule has 0 spiro atoms. The first-order valence-corrected chi connectivity index (χ1v) is 9.09. The smallest absolute Gasteiger partial charge is 0.410 e. The molecule has 0 radical (unpaired) electrons. The van der Waals surface area contributed by atoms with E-state index in [9.17, 15) is 4.79 Å². The fourth-order valence-corrected chi connectivity index (χ4v) is 3.43. The minimum Gasteiger partial charge on any atom is -0.444 e. The number of hydrogen-bond donors (Lipinski definition) is 0. The van der Waals surface area contributed by atoms with Gasteiger partial charge < -0.3 is 9.64 Å². The number of likely N-dealkylation sites (tertiary alicyclic amines) is 1. The number of amides is 1. The van der Waals surface area contributed by atoms with Gasteiger partial charge >= 0.3 is 6.09 Å². The number of halogens is 1. The first-order chi connectivity index (χ1) is 11.7. The number of rotatable bonds is 2. The first-order valence-electron chi connectivity index (χ1n) is 8.71. The molecule has 25 heavy (non-hydrogen) atoms. The van der Waals surface area contributed by atoms with Crippen molar-refractivity contribution in [2.24, 2.45) is 0 Å². The van der Waals surface area contributed by atoms with Crippen molar-refractivity contribution in [1.82, 2.24) is 9.88 Å². The van der Waals surface area contributed by atoms with Crippen LogP contribution in [0, 0.1) is 0 Å². The maximum atomic E-state index is 12.1. The minimum atomic E-state index is -0.464. The van der Waals surface area contributed by atoms with Crippen molar-refractivity contribution in [2.75, 3.05) is 13.1 Å². The van der Waals surface area contributed by atoms with Crippen LogP contribution in [0.5, 0.6) is 0 Å². The number of hydrogen-bond acceptors (Lipinski definition) is 3. The lowest BCUT2D eigenvalue weighted by molar-refractivity contribution is 0.00830.